The molecule has 4 atom stereocenters. The standard InChI is InChI=1S/C21H17ClF3NO7/c1-9(27)31-18(32-10(2)28)20-7-6-19(3,33-20)14-15(20)17(30)26(16(14)29)13-8-11(21(23,24)25)4-5-12(13)22/h4-8,14-15,18H,1-3H3/t14-,15-,19+,20-/m0/s1. The molecule has 3 aliphatic heterocycles. The van der Waals surface area contributed by atoms with Gasteiger partial charge in [-0.2, -0.15) is 13.2 Å². The molecule has 2 bridgehead atoms. The van der Waals surface area contributed by atoms with Gasteiger partial charge in [0.25, 0.3) is 6.29 Å². The summed E-state index contributed by atoms with van der Waals surface area (Å²) in [6.07, 6.45) is -3.62. The average molecular weight is 488 g/mol. The molecule has 33 heavy (non-hydrogen) atoms. The molecule has 176 valence electrons. The van der Waals surface area contributed by atoms with Crippen LogP contribution in [0.25, 0.3) is 0 Å². The summed E-state index contributed by atoms with van der Waals surface area (Å²) in [4.78, 5) is 50.8. The van der Waals surface area contributed by atoms with Crippen molar-refractivity contribution in [1.29, 1.82) is 0 Å². The van der Waals surface area contributed by atoms with Crippen LogP contribution in [0.2, 0.25) is 5.02 Å². The van der Waals surface area contributed by atoms with Crippen molar-refractivity contribution < 1.29 is 46.6 Å². The van der Waals surface area contributed by atoms with Crippen molar-refractivity contribution in [3.8, 4) is 0 Å². The van der Waals surface area contributed by atoms with Crippen molar-refractivity contribution in [2.45, 2.75) is 44.4 Å². The van der Waals surface area contributed by atoms with Crippen molar-refractivity contribution in [2.24, 2.45) is 11.8 Å². The van der Waals surface area contributed by atoms with Crippen molar-refractivity contribution in [2.75, 3.05) is 4.90 Å². The molecule has 12 heteroatoms. The lowest BCUT2D eigenvalue weighted by Gasteiger charge is -2.34. The second kappa shape index (κ2) is 7.29. The molecular formula is C21H17ClF3NO7. The number of ether oxygens (including phenoxy) is 3. The molecule has 0 aliphatic carbocycles. The van der Waals surface area contributed by atoms with Crippen LogP contribution in [-0.4, -0.2) is 41.2 Å². The van der Waals surface area contributed by atoms with Crippen molar-refractivity contribution in [3.63, 3.8) is 0 Å². The molecule has 4 rings (SSSR count). The van der Waals surface area contributed by atoms with Crippen LogP contribution in [-0.2, 0) is 39.6 Å². The highest BCUT2D eigenvalue weighted by atomic mass is 35.5. The van der Waals surface area contributed by atoms with Crippen LogP contribution >= 0.6 is 11.6 Å². The highest BCUT2D eigenvalue weighted by Gasteiger charge is 2.76. The maximum absolute atomic E-state index is 13.5. The van der Waals surface area contributed by atoms with Gasteiger partial charge in [0, 0.05) is 13.8 Å². The van der Waals surface area contributed by atoms with E-state index in [4.69, 9.17) is 25.8 Å². The molecule has 2 amide bonds. The van der Waals surface area contributed by atoms with Gasteiger partial charge < -0.3 is 14.2 Å². The summed E-state index contributed by atoms with van der Waals surface area (Å²) in [5.74, 6) is -6.00. The molecule has 0 N–H and O–H groups in total. The quantitative estimate of drug-likeness (QED) is 0.278. The Labute approximate surface area is 190 Å². The van der Waals surface area contributed by atoms with E-state index in [0.29, 0.717) is 11.0 Å². The maximum Gasteiger partial charge on any atom is 0.416 e. The number of halogens is 4. The van der Waals surface area contributed by atoms with E-state index in [9.17, 15) is 32.3 Å². The van der Waals surface area contributed by atoms with Crippen LogP contribution in [0.1, 0.15) is 26.3 Å². The number of hydrogen-bond acceptors (Lipinski definition) is 7. The lowest BCUT2D eigenvalue weighted by molar-refractivity contribution is -0.231. The van der Waals surface area contributed by atoms with E-state index in [0.717, 1.165) is 26.0 Å². The normalized spacial score (nSPS) is 30.2. The Balaban J connectivity index is 1.82. The van der Waals surface area contributed by atoms with E-state index in [1.807, 2.05) is 0 Å². The third-order valence-corrected chi connectivity index (χ3v) is 6.23. The van der Waals surface area contributed by atoms with E-state index >= 15 is 0 Å². The predicted octanol–water partition coefficient (Wildman–Crippen LogP) is 3.01. The Kier molecular flexibility index (Phi) is 5.14. The molecule has 3 heterocycles. The monoisotopic (exact) mass is 487 g/mol. The number of hydrogen-bond donors (Lipinski definition) is 0. The molecule has 0 aromatic heterocycles. The smallest absolute Gasteiger partial charge is 0.416 e. The van der Waals surface area contributed by atoms with E-state index in [2.05, 4.69) is 0 Å². The Morgan fingerprint density at radius 2 is 1.67 bits per heavy atom. The molecule has 8 nitrogen and oxygen atoms in total. The highest BCUT2D eigenvalue weighted by molar-refractivity contribution is 6.36. The topological polar surface area (TPSA) is 99.2 Å². The zero-order valence-electron chi connectivity index (χ0n) is 17.4. The number of carbonyl (C=O) groups is 4. The zero-order valence-corrected chi connectivity index (χ0v) is 18.2. The summed E-state index contributed by atoms with van der Waals surface area (Å²) < 4.78 is 56.0. The number of anilines is 1. The second-order valence-corrected chi connectivity index (χ2v) is 8.56. The molecular weight excluding hydrogens is 471 g/mol. The molecule has 0 spiro atoms. The summed E-state index contributed by atoms with van der Waals surface area (Å²) in [7, 11) is 0. The number of benzene rings is 1. The number of nitrogens with zero attached hydrogens (tertiary/aromatic N) is 1. The molecule has 0 unspecified atom stereocenters. The van der Waals surface area contributed by atoms with Gasteiger partial charge in [-0.1, -0.05) is 17.7 Å². The molecule has 2 saturated heterocycles. The van der Waals surface area contributed by atoms with E-state index in [1.165, 1.54) is 19.1 Å². The molecule has 0 saturated carbocycles. The van der Waals surface area contributed by atoms with Crippen LogP contribution < -0.4 is 4.90 Å². The van der Waals surface area contributed by atoms with Gasteiger partial charge in [0.05, 0.1) is 33.7 Å². The zero-order chi connectivity index (χ0) is 24.5. The van der Waals surface area contributed by atoms with Crippen molar-refractivity contribution >= 4 is 41.0 Å². The maximum atomic E-state index is 13.5. The number of amides is 2. The highest BCUT2D eigenvalue weighted by Crippen LogP contribution is 2.60. The van der Waals surface area contributed by atoms with Crippen LogP contribution in [0.15, 0.2) is 30.4 Å². The lowest BCUT2D eigenvalue weighted by Crippen LogP contribution is -2.52. The minimum atomic E-state index is -4.74. The third kappa shape index (κ3) is 3.41. The van der Waals surface area contributed by atoms with Gasteiger partial charge in [-0.25, -0.2) is 4.90 Å². The van der Waals surface area contributed by atoms with Gasteiger partial charge in [-0.3, -0.25) is 19.2 Å². The first kappa shape index (κ1) is 23.2. The van der Waals surface area contributed by atoms with E-state index in [1.54, 1.807) is 0 Å². The third-order valence-electron chi connectivity index (χ3n) is 5.91. The minimum absolute atomic E-state index is 0.248. The Hall–Kier alpha value is -2.92. The number of rotatable bonds is 4. The van der Waals surface area contributed by atoms with E-state index in [-0.39, 0.29) is 5.02 Å². The van der Waals surface area contributed by atoms with Crippen LogP contribution in [0.5, 0.6) is 0 Å². The number of alkyl halides is 3. The van der Waals surface area contributed by atoms with Crippen LogP contribution in [0.4, 0.5) is 18.9 Å². The second-order valence-electron chi connectivity index (χ2n) is 8.15. The summed E-state index contributed by atoms with van der Waals surface area (Å²) in [5.41, 5.74) is -4.77. The fourth-order valence-corrected chi connectivity index (χ4v) is 4.86. The molecule has 2 fully saturated rings. The summed E-state index contributed by atoms with van der Waals surface area (Å²) in [5, 5.41) is -0.248. The number of fused-ring (bicyclic) bond motifs is 5. The molecule has 1 aromatic rings. The number of imide groups is 1. The number of esters is 2. The Bertz CT molecular complexity index is 1100. The van der Waals surface area contributed by atoms with Crippen LogP contribution in [0.3, 0.4) is 0 Å². The van der Waals surface area contributed by atoms with Crippen molar-refractivity contribution in [1.82, 2.24) is 0 Å². The predicted molar refractivity (Wildman–Crippen MR) is 105 cm³/mol. The van der Waals surface area contributed by atoms with Gasteiger partial charge in [-0.15, -0.1) is 0 Å². The fraction of sp³-hybridized carbons (Fsp3) is 0.429. The average Bonchev–Trinajstić information content (AvgIpc) is 3.26. The first-order valence-electron chi connectivity index (χ1n) is 9.71. The van der Waals surface area contributed by atoms with Crippen LogP contribution in [0, 0.1) is 11.8 Å². The summed E-state index contributed by atoms with van der Waals surface area (Å²) >= 11 is 6.07. The summed E-state index contributed by atoms with van der Waals surface area (Å²) in [6, 6.07) is 2.28. The Morgan fingerprint density at radius 1 is 1.09 bits per heavy atom. The molecule has 1 aromatic carbocycles. The number of carbonyl (C=O) groups excluding carboxylic acids is 4. The summed E-state index contributed by atoms with van der Waals surface area (Å²) in [6.45, 7) is 3.60. The SMILES string of the molecule is CC(=O)OC(OC(C)=O)[C@@]12C=C[C@@](C)(O1)[C@@H]1C(=O)N(c3cc(C(F)(F)F)ccc3Cl)C(=O)[C@H]12. The molecule has 0 radical (unpaired) electrons. The van der Waals surface area contributed by atoms with Gasteiger partial charge in [0.1, 0.15) is 0 Å². The van der Waals surface area contributed by atoms with Gasteiger partial charge in [-0.05, 0) is 31.2 Å². The Morgan fingerprint density at radius 3 is 2.21 bits per heavy atom. The first-order chi connectivity index (χ1) is 15.2. The molecule has 3 aliphatic rings. The van der Waals surface area contributed by atoms with Gasteiger partial charge in [0.2, 0.25) is 11.8 Å². The lowest BCUT2D eigenvalue weighted by atomic mass is 9.72. The van der Waals surface area contributed by atoms with E-state index < -0.39 is 70.5 Å². The van der Waals surface area contributed by atoms with Crippen molar-refractivity contribution in [3.05, 3.63) is 40.9 Å². The van der Waals surface area contributed by atoms with Gasteiger partial charge in [0.15, 0.2) is 5.60 Å². The minimum Gasteiger partial charge on any atom is -0.422 e. The largest absolute Gasteiger partial charge is 0.422 e. The fourth-order valence-electron chi connectivity index (χ4n) is 4.66. The van der Waals surface area contributed by atoms with Gasteiger partial charge >= 0.3 is 18.1 Å². The first-order valence-corrected chi connectivity index (χ1v) is 10.1.